The number of aromatic amines is 1. The number of hydrogen-bond donors (Lipinski definition) is 2. The van der Waals surface area contributed by atoms with Crippen LogP contribution in [0.15, 0.2) is 59.8 Å². The Balaban J connectivity index is 1.46. The van der Waals surface area contributed by atoms with Crippen LogP contribution in [-0.2, 0) is 6.54 Å². The molecule has 0 bridgehead atoms. The number of nitrogens with zero attached hydrogens (tertiary/aromatic N) is 1. The molecule has 0 radical (unpaired) electrons. The second kappa shape index (κ2) is 6.59. The number of fused-ring (bicyclic) bond motifs is 1. The minimum absolute atomic E-state index is 0.876. The molecule has 3 nitrogen and oxygen atoms in total. The lowest BCUT2D eigenvalue weighted by atomic mass is 10.2. The molecule has 0 aliphatic carbocycles. The van der Waals surface area contributed by atoms with Crippen molar-refractivity contribution in [2.75, 3.05) is 12.3 Å². The average Bonchev–Trinajstić information content (AvgIpc) is 2.91. The first-order chi connectivity index (χ1) is 9.93. The Bertz CT molecular complexity index is 664. The van der Waals surface area contributed by atoms with E-state index in [9.17, 15) is 0 Å². The predicted octanol–water partition coefficient (Wildman–Crippen LogP) is 3.44. The summed E-state index contributed by atoms with van der Waals surface area (Å²) in [6.07, 6.45) is 3.85. The molecule has 1 aromatic carbocycles. The molecule has 20 heavy (non-hydrogen) atoms. The summed E-state index contributed by atoms with van der Waals surface area (Å²) >= 11 is 1.88. The van der Waals surface area contributed by atoms with Crippen molar-refractivity contribution in [2.45, 2.75) is 11.4 Å². The molecule has 0 fully saturated rings. The van der Waals surface area contributed by atoms with Gasteiger partial charge < -0.3 is 10.3 Å². The summed E-state index contributed by atoms with van der Waals surface area (Å²) in [7, 11) is 0. The molecule has 3 rings (SSSR count). The molecular weight excluding hydrogens is 266 g/mol. The summed E-state index contributed by atoms with van der Waals surface area (Å²) in [5.41, 5.74) is 2.24. The van der Waals surface area contributed by atoms with Gasteiger partial charge in [0.2, 0.25) is 0 Å². The maximum absolute atomic E-state index is 4.30. The van der Waals surface area contributed by atoms with Gasteiger partial charge in [-0.15, -0.1) is 11.8 Å². The van der Waals surface area contributed by atoms with Gasteiger partial charge in [-0.1, -0.05) is 18.2 Å². The number of nitrogens with one attached hydrogen (secondary N) is 2. The van der Waals surface area contributed by atoms with Gasteiger partial charge >= 0.3 is 0 Å². The van der Waals surface area contributed by atoms with Crippen LogP contribution < -0.4 is 5.32 Å². The van der Waals surface area contributed by atoms with Crippen LogP contribution in [0, 0.1) is 0 Å². The van der Waals surface area contributed by atoms with Crippen LogP contribution in [0.2, 0.25) is 0 Å². The highest BCUT2D eigenvalue weighted by Crippen LogP contribution is 2.17. The van der Waals surface area contributed by atoms with Crippen molar-refractivity contribution in [1.29, 1.82) is 0 Å². The number of rotatable bonds is 6. The zero-order valence-electron chi connectivity index (χ0n) is 11.2. The zero-order chi connectivity index (χ0) is 13.6. The molecule has 0 amide bonds. The zero-order valence-corrected chi connectivity index (χ0v) is 12.0. The number of thioether (sulfide) groups is 1. The average molecular weight is 283 g/mol. The third-order valence-electron chi connectivity index (χ3n) is 3.14. The van der Waals surface area contributed by atoms with E-state index in [0.29, 0.717) is 0 Å². The maximum Gasteiger partial charge on any atom is 0.137 e. The first kappa shape index (κ1) is 13.2. The van der Waals surface area contributed by atoms with Crippen molar-refractivity contribution >= 4 is 22.8 Å². The Kier molecular flexibility index (Phi) is 4.35. The molecule has 0 atom stereocenters. The summed E-state index contributed by atoms with van der Waals surface area (Å²) in [6.45, 7) is 1.87. The SMILES string of the molecule is c1ccc(SCCNCc2c[nH]c3ncccc23)cc1. The second-order valence-electron chi connectivity index (χ2n) is 4.55. The van der Waals surface area contributed by atoms with E-state index in [1.165, 1.54) is 15.8 Å². The highest BCUT2D eigenvalue weighted by molar-refractivity contribution is 7.99. The van der Waals surface area contributed by atoms with Crippen LogP contribution in [-0.4, -0.2) is 22.3 Å². The fourth-order valence-electron chi connectivity index (χ4n) is 2.14. The third-order valence-corrected chi connectivity index (χ3v) is 4.16. The summed E-state index contributed by atoms with van der Waals surface area (Å²) in [6, 6.07) is 14.6. The van der Waals surface area contributed by atoms with Crippen LogP contribution in [0.1, 0.15) is 5.56 Å². The fraction of sp³-hybridized carbons (Fsp3) is 0.188. The highest BCUT2D eigenvalue weighted by atomic mass is 32.2. The van der Waals surface area contributed by atoms with E-state index >= 15 is 0 Å². The van der Waals surface area contributed by atoms with Gasteiger partial charge in [0, 0.05) is 41.5 Å². The number of benzene rings is 1. The van der Waals surface area contributed by atoms with Crippen molar-refractivity contribution in [2.24, 2.45) is 0 Å². The Hall–Kier alpha value is -1.78. The summed E-state index contributed by atoms with van der Waals surface area (Å²) < 4.78 is 0. The van der Waals surface area contributed by atoms with Crippen molar-refractivity contribution in [3.05, 3.63) is 60.4 Å². The first-order valence-electron chi connectivity index (χ1n) is 6.73. The van der Waals surface area contributed by atoms with E-state index in [0.717, 1.165) is 24.5 Å². The van der Waals surface area contributed by atoms with E-state index in [4.69, 9.17) is 0 Å². The van der Waals surface area contributed by atoms with Gasteiger partial charge in [-0.25, -0.2) is 4.98 Å². The molecule has 0 aliphatic heterocycles. The molecule has 2 N–H and O–H groups in total. The molecule has 2 heterocycles. The van der Waals surface area contributed by atoms with Crippen molar-refractivity contribution in [3.63, 3.8) is 0 Å². The fourth-order valence-corrected chi connectivity index (χ4v) is 2.97. The highest BCUT2D eigenvalue weighted by Gasteiger charge is 2.02. The Morgan fingerprint density at radius 1 is 1.10 bits per heavy atom. The predicted molar refractivity (Wildman–Crippen MR) is 85.0 cm³/mol. The van der Waals surface area contributed by atoms with Crippen LogP contribution in [0.5, 0.6) is 0 Å². The lowest BCUT2D eigenvalue weighted by molar-refractivity contribution is 0.735. The van der Waals surface area contributed by atoms with Crippen LogP contribution in [0.4, 0.5) is 0 Å². The number of pyridine rings is 1. The van der Waals surface area contributed by atoms with Gasteiger partial charge in [-0.3, -0.25) is 0 Å². The van der Waals surface area contributed by atoms with Crippen LogP contribution >= 0.6 is 11.8 Å². The minimum atomic E-state index is 0.876. The molecule has 0 unspecified atom stereocenters. The van der Waals surface area contributed by atoms with Crippen molar-refractivity contribution < 1.29 is 0 Å². The lowest BCUT2D eigenvalue weighted by Gasteiger charge is -2.04. The van der Waals surface area contributed by atoms with Crippen LogP contribution in [0.25, 0.3) is 11.0 Å². The monoisotopic (exact) mass is 283 g/mol. The molecule has 102 valence electrons. The van der Waals surface area contributed by atoms with Gasteiger partial charge in [0.15, 0.2) is 0 Å². The quantitative estimate of drug-likeness (QED) is 0.538. The summed E-state index contributed by atoms with van der Waals surface area (Å²) in [4.78, 5) is 8.82. The molecule has 3 aromatic rings. The van der Waals surface area contributed by atoms with Crippen molar-refractivity contribution in [3.8, 4) is 0 Å². The molecule has 0 saturated heterocycles. The largest absolute Gasteiger partial charge is 0.346 e. The molecular formula is C16H17N3S. The molecule has 0 saturated carbocycles. The van der Waals surface area contributed by atoms with E-state index in [1.807, 2.05) is 36.3 Å². The number of hydrogen-bond acceptors (Lipinski definition) is 3. The Morgan fingerprint density at radius 2 is 2.00 bits per heavy atom. The minimum Gasteiger partial charge on any atom is -0.346 e. The smallest absolute Gasteiger partial charge is 0.137 e. The van der Waals surface area contributed by atoms with Gasteiger partial charge in [0.25, 0.3) is 0 Å². The molecule has 0 aliphatic rings. The third kappa shape index (κ3) is 3.21. The number of aromatic nitrogens is 2. The first-order valence-corrected chi connectivity index (χ1v) is 7.71. The standard InChI is InChI=1S/C16H17N3S/c1-2-5-14(6-3-1)20-10-9-17-11-13-12-19-16-15(13)7-4-8-18-16/h1-8,12,17H,9-11H2,(H,18,19). The lowest BCUT2D eigenvalue weighted by Crippen LogP contribution is -2.16. The summed E-state index contributed by atoms with van der Waals surface area (Å²) in [5.74, 6) is 1.07. The van der Waals surface area contributed by atoms with Gasteiger partial charge in [0.1, 0.15) is 5.65 Å². The Labute approximate surface area is 122 Å². The summed E-state index contributed by atoms with van der Waals surface area (Å²) in [5, 5.41) is 4.69. The molecule has 2 aromatic heterocycles. The number of H-pyrrole nitrogens is 1. The normalized spacial score (nSPS) is 11.0. The van der Waals surface area contributed by atoms with E-state index < -0.39 is 0 Å². The van der Waals surface area contributed by atoms with Gasteiger partial charge in [0.05, 0.1) is 0 Å². The Morgan fingerprint density at radius 3 is 2.90 bits per heavy atom. The van der Waals surface area contributed by atoms with Gasteiger partial charge in [-0.05, 0) is 29.8 Å². The maximum atomic E-state index is 4.30. The molecule has 0 spiro atoms. The molecule has 4 heteroatoms. The second-order valence-corrected chi connectivity index (χ2v) is 5.72. The van der Waals surface area contributed by atoms with Crippen LogP contribution in [0.3, 0.4) is 0 Å². The topological polar surface area (TPSA) is 40.7 Å². The van der Waals surface area contributed by atoms with E-state index in [2.05, 4.69) is 45.6 Å². The van der Waals surface area contributed by atoms with E-state index in [1.54, 1.807) is 0 Å². The van der Waals surface area contributed by atoms with Gasteiger partial charge in [-0.2, -0.15) is 0 Å². The van der Waals surface area contributed by atoms with E-state index in [-0.39, 0.29) is 0 Å². The van der Waals surface area contributed by atoms with Crippen molar-refractivity contribution in [1.82, 2.24) is 15.3 Å².